The van der Waals surface area contributed by atoms with Crippen LogP contribution in [-0.4, -0.2) is 31.6 Å². The molecule has 0 bridgehead atoms. The number of para-hydroxylation sites is 1. The number of fused-ring (bicyclic) bond motifs is 1. The van der Waals surface area contributed by atoms with Crippen molar-refractivity contribution in [3.05, 3.63) is 70.2 Å². The molecule has 0 spiro atoms. The van der Waals surface area contributed by atoms with E-state index in [-0.39, 0.29) is 24.0 Å². The second-order valence-electron chi connectivity index (χ2n) is 9.11. The van der Waals surface area contributed by atoms with Gasteiger partial charge in [-0.1, -0.05) is 18.2 Å². The maximum atomic E-state index is 12.7. The van der Waals surface area contributed by atoms with E-state index in [9.17, 15) is 9.00 Å². The van der Waals surface area contributed by atoms with Crippen LogP contribution in [0.4, 0.5) is 0 Å². The Bertz CT molecular complexity index is 1430. The topological polar surface area (TPSA) is 102 Å². The molecule has 9 heteroatoms. The van der Waals surface area contributed by atoms with Crippen molar-refractivity contribution in [2.24, 2.45) is 0 Å². The minimum atomic E-state index is -1.48. The predicted molar refractivity (Wildman–Crippen MR) is 143 cm³/mol. The number of furan rings is 1. The highest BCUT2D eigenvalue weighted by Gasteiger charge is 2.27. The molecule has 4 rings (SSSR count). The van der Waals surface area contributed by atoms with Crippen LogP contribution >= 0.6 is 11.3 Å². The highest BCUT2D eigenvalue weighted by Crippen LogP contribution is 2.33. The van der Waals surface area contributed by atoms with E-state index in [1.165, 1.54) is 11.3 Å². The Hall–Kier alpha value is -3.30. The number of carbonyl (C=O) groups excluding carboxylic acids is 1. The number of hydrogen-bond acceptors (Lipinski definition) is 8. The van der Waals surface area contributed by atoms with E-state index in [2.05, 4.69) is 4.98 Å². The molecular formula is C27H28N2O5S2. The van der Waals surface area contributed by atoms with Crippen molar-refractivity contribution in [1.29, 1.82) is 5.41 Å². The number of benzene rings is 2. The van der Waals surface area contributed by atoms with Gasteiger partial charge in [0, 0.05) is 26.6 Å². The largest absolute Gasteiger partial charge is 0.489 e. The van der Waals surface area contributed by atoms with Crippen LogP contribution in [0.15, 0.2) is 58.5 Å². The molecule has 2 aromatic heterocycles. The van der Waals surface area contributed by atoms with Gasteiger partial charge >= 0.3 is 5.97 Å². The fraction of sp³-hybridized carbons (Fsp3) is 0.296. The number of rotatable bonds is 8. The van der Waals surface area contributed by atoms with Crippen LogP contribution in [0, 0.1) is 5.41 Å². The number of hydrogen-bond donors (Lipinski definition) is 1. The fourth-order valence-corrected chi connectivity index (χ4v) is 5.47. The summed E-state index contributed by atoms with van der Waals surface area (Å²) in [6.07, 6.45) is 1.76. The molecule has 2 aromatic carbocycles. The van der Waals surface area contributed by atoms with Gasteiger partial charge in [0.15, 0.2) is 10.1 Å². The minimum Gasteiger partial charge on any atom is -0.489 e. The van der Waals surface area contributed by atoms with Crippen molar-refractivity contribution in [2.75, 3.05) is 6.61 Å². The summed E-state index contributed by atoms with van der Waals surface area (Å²) in [5.41, 5.74) is 3.76. The first-order valence-corrected chi connectivity index (χ1v) is 13.5. The second-order valence-corrected chi connectivity index (χ2v) is 12.1. The lowest BCUT2D eigenvalue weighted by Crippen LogP contribution is -2.28. The third-order valence-electron chi connectivity index (χ3n) is 5.33. The third-order valence-corrected chi connectivity index (χ3v) is 8.00. The zero-order valence-corrected chi connectivity index (χ0v) is 22.3. The highest BCUT2D eigenvalue weighted by molar-refractivity contribution is 8.02. The average Bonchev–Trinajstić information content (AvgIpc) is 3.51. The summed E-state index contributed by atoms with van der Waals surface area (Å²) in [6.45, 7) is 7.91. The van der Waals surface area contributed by atoms with Crippen LogP contribution in [0.5, 0.6) is 5.75 Å². The van der Waals surface area contributed by atoms with E-state index in [1.807, 2.05) is 68.6 Å². The van der Waals surface area contributed by atoms with Gasteiger partial charge in [-0.05, 0) is 57.5 Å². The highest BCUT2D eigenvalue weighted by atomic mass is 32.2. The van der Waals surface area contributed by atoms with Gasteiger partial charge in [-0.15, -0.1) is 11.3 Å². The van der Waals surface area contributed by atoms with Crippen molar-refractivity contribution in [3.8, 4) is 17.0 Å². The van der Waals surface area contributed by atoms with E-state index in [0.717, 1.165) is 22.1 Å². The van der Waals surface area contributed by atoms with Crippen LogP contribution in [-0.2, 0) is 33.4 Å². The van der Waals surface area contributed by atoms with Crippen molar-refractivity contribution in [2.45, 2.75) is 45.5 Å². The van der Waals surface area contributed by atoms with E-state index < -0.39 is 15.5 Å². The maximum absolute atomic E-state index is 12.7. The van der Waals surface area contributed by atoms with E-state index in [1.54, 1.807) is 13.2 Å². The van der Waals surface area contributed by atoms with Gasteiger partial charge in [0.25, 0.3) is 0 Å². The summed E-state index contributed by atoms with van der Waals surface area (Å²) in [7, 11) is -1.48. The van der Waals surface area contributed by atoms with Gasteiger partial charge in [-0.25, -0.2) is 4.98 Å². The summed E-state index contributed by atoms with van der Waals surface area (Å²) < 4.78 is 29.0. The van der Waals surface area contributed by atoms with Crippen LogP contribution in [0.2, 0.25) is 0 Å². The number of ether oxygens (including phenoxy) is 2. The normalized spacial score (nSPS) is 12.4. The molecule has 36 heavy (non-hydrogen) atoms. The summed E-state index contributed by atoms with van der Waals surface area (Å²) in [4.78, 5) is 16.6. The molecule has 0 saturated carbocycles. The number of aromatic nitrogens is 1. The zero-order valence-electron chi connectivity index (χ0n) is 20.6. The van der Waals surface area contributed by atoms with Gasteiger partial charge in [0.2, 0.25) is 0 Å². The summed E-state index contributed by atoms with van der Waals surface area (Å²) in [5, 5.41) is 11.6. The van der Waals surface area contributed by atoms with Crippen molar-refractivity contribution >= 4 is 44.1 Å². The van der Waals surface area contributed by atoms with Gasteiger partial charge < -0.3 is 13.9 Å². The van der Waals surface area contributed by atoms with Crippen molar-refractivity contribution in [3.63, 3.8) is 0 Å². The van der Waals surface area contributed by atoms with Crippen molar-refractivity contribution < 1.29 is 22.9 Å². The van der Waals surface area contributed by atoms with E-state index in [0.29, 0.717) is 28.6 Å². The molecule has 1 atom stereocenters. The molecule has 188 valence electrons. The Morgan fingerprint density at radius 2 is 1.97 bits per heavy atom. The minimum absolute atomic E-state index is 0.0205. The molecule has 1 unspecified atom stereocenters. The molecule has 0 amide bonds. The monoisotopic (exact) mass is 524 g/mol. The molecule has 2 heterocycles. The van der Waals surface area contributed by atoms with E-state index >= 15 is 0 Å². The first kappa shape index (κ1) is 25.8. The molecule has 0 radical (unpaired) electrons. The quantitative estimate of drug-likeness (QED) is 0.169. The zero-order chi connectivity index (χ0) is 25.9. The Labute approximate surface area is 216 Å². The van der Waals surface area contributed by atoms with Gasteiger partial charge in [0.05, 0.1) is 35.8 Å². The lowest BCUT2D eigenvalue weighted by molar-refractivity contribution is -0.142. The number of nitrogens with zero attached hydrogens (tertiary/aromatic N) is 1. The Morgan fingerprint density at radius 1 is 1.19 bits per heavy atom. The van der Waals surface area contributed by atoms with Crippen LogP contribution in [0.25, 0.3) is 22.2 Å². The Balaban J connectivity index is 1.60. The second kappa shape index (κ2) is 10.8. The first-order valence-electron chi connectivity index (χ1n) is 11.5. The molecule has 4 aromatic rings. The standard InChI is InChI=1S/C27H28N2O5S2/c1-5-32-23(30)14-18-8-6-7-9-22(18)34-15-17-12-19-10-11-33-24(19)20(13-17)21-16-35-26(29-21)25(28)36(31)27(2,3)4/h6-13,16,28H,5,14-15H2,1-4H3. The van der Waals surface area contributed by atoms with E-state index in [4.69, 9.17) is 19.3 Å². The number of nitrogens with one attached hydrogen (secondary N) is 1. The van der Waals surface area contributed by atoms with Crippen LogP contribution in [0.1, 0.15) is 43.8 Å². The molecule has 0 aliphatic carbocycles. The Kier molecular flexibility index (Phi) is 7.70. The lowest BCUT2D eigenvalue weighted by Gasteiger charge is -2.16. The molecule has 0 aliphatic rings. The molecule has 0 aliphatic heterocycles. The number of esters is 1. The molecule has 0 saturated heterocycles. The smallest absolute Gasteiger partial charge is 0.310 e. The van der Waals surface area contributed by atoms with Crippen LogP contribution < -0.4 is 4.74 Å². The number of thiazole rings is 1. The first-order chi connectivity index (χ1) is 17.2. The van der Waals surface area contributed by atoms with Gasteiger partial charge in [-0.2, -0.15) is 0 Å². The fourth-order valence-electron chi connectivity index (χ4n) is 3.62. The lowest BCUT2D eigenvalue weighted by atomic mass is 10.1. The summed E-state index contributed by atoms with van der Waals surface area (Å²) >= 11 is 1.29. The summed E-state index contributed by atoms with van der Waals surface area (Å²) in [5.74, 6) is 0.321. The SMILES string of the molecule is CCOC(=O)Cc1ccccc1OCc1cc(-c2csc(C(=N)S(=O)C(C)(C)C)n2)c2occc2c1. The molecule has 7 nitrogen and oxygen atoms in total. The van der Waals surface area contributed by atoms with Gasteiger partial charge in [0.1, 0.15) is 17.9 Å². The third kappa shape index (κ3) is 5.74. The van der Waals surface area contributed by atoms with Gasteiger partial charge in [-0.3, -0.25) is 14.4 Å². The summed E-state index contributed by atoms with van der Waals surface area (Å²) in [6, 6.07) is 13.2. The maximum Gasteiger partial charge on any atom is 0.310 e. The Morgan fingerprint density at radius 3 is 2.72 bits per heavy atom. The molecular weight excluding hydrogens is 496 g/mol. The van der Waals surface area contributed by atoms with Crippen LogP contribution in [0.3, 0.4) is 0 Å². The van der Waals surface area contributed by atoms with Crippen molar-refractivity contribution in [1.82, 2.24) is 4.98 Å². The number of carbonyl (C=O) groups is 1. The predicted octanol–water partition coefficient (Wildman–Crippen LogP) is 6.11. The molecule has 1 N–H and O–H groups in total. The average molecular weight is 525 g/mol. The molecule has 0 fully saturated rings.